The standard InChI is InChI=1S/C15H12BrN3O4/c1-2-23-10-4-3-7(16)5-9(10)19-11(20)6-8-12(13(19)17)15(22)18-14(8)21/h3-6H,2,17H2,1H3,(H,18,21,22). The molecule has 7 nitrogen and oxygen atoms in total. The van der Waals surface area contributed by atoms with E-state index in [9.17, 15) is 14.4 Å². The number of hydrogen-bond acceptors (Lipinski definition) is 5. The molecule has 1 aromatic heterocycles. The van der Waals surface area contributed by atoms with Crippen LogP contribution in [0.3, 0.4) is 0 Å². The van der Waals surface area contributed by atoms with Crippen molar-refractivity contribution in [1.82, 2.24) is 9.88 Å². The Morgan fingerprint density at radius 1 is 1.22 bits per heavy atom. The van der Waals surface area contributed by atoms with Crippen LogP contribution in [0, 0.1) is 0 Å². The molecule has 1 aromatic carbocycles. The van der Waals surface area contributed by atoms with Crippen LogP contribution >= 0.6 is 15.9 Å². The van der Waals surface area contributed by atoms with E-state index >= 15 is 0 Å². The average molecular weight is 378 g/mol. The number of halogens is 1. The lowest BCUT2D eigenvalue weighted by atomic mass is 10.1. The number of carbonyl (C=O) groups excluding carboxylic acids is 2. The van der Waals surface area contributed by atoms with Crippen molar-refractivity contribution in [3.63, 3.8) is 0 Å². The quantitative estimate of drug-likeness (QED) is 0.788. The summed E-state index contributed by atoms with van der Waals surface area (Å²) in [4.78, 5) is 36.0. The van der Waals surface area contributed by atoms with Crippen molar-refractivity contribution >= 4 is 33.6 Å². The van der Waals surface area contributed by atoms with Gasteiger partial charge in [-0.3, -0.25) is 24.3 Å². The number of imide groups is 1. The molecule has 2 amide bonds. The van der Waals surface area contributed by atoms with Gasteiger partial charge in [0, 0.05) is 10.5 Å². The van der Waals surface area contributed by atoms with Crippen molar-refractivity contribution in [2.24, 2.45) is 0 Å². The number of nitrogens with one attached hydrogen (secondary N) is 1. The number of benzene rings is 1. The molecule has 0 radical (unpaired) electrons. The summed E-state index contributed by atoms with van der Waals surface area (Å²) in [5.74, 6) is -0.909. The number of carbonyl (C=O) groups is 2. The van der Waals surface area contributed by atoms with Gasteiger partial charge in [-0.1, -0.05) is 15.9 Å². The summed E-state index contributed by atoms with van der Waals surface area (Å²) in [7, 11) is 0. The van der Waals surface area contributed by atoms with Crippen LogP contribution in [0.5, 0.6) is 5.75 Å². The molecule has 23 heavy (non-hydrogen) atoms. The molecule has 0 unspecified atom stereocenters. The summed E-state index contributed by atoms with van der Waals surface area (Å²) in [6.07, 6.45) is 0. The molecule has 0 saturated heterocycles. The first-order chi connectivity index (χ1) is 10.9. The van der Waals surface area contributed by atoms with Crippen LogP contribution in [0.15, 0.2) is 33.5 Å². The number of amides is 2. The van der Waals surface area contributed by atoms with Gasteiger partial charge in [-0.25, -0.2) is 0 Å². The second-order valence-corrected chi connectivity index (χ2v) is 5.74. The van der Waals surface area contributed by atoms with Crippen LogP contribution in [0.2, 0.25) is 0 Å². The molecule has 2 heterocycles. The third-order valence-corrected chi connectivity index (χ3v) is 3.91. The SMILES string of the molecule is CCOc1ccc(Br)cc1-n1c(N)c2c(cc1=O)C(=O)NC2=O. The molecular weight excluding hydrogens is 366 g/mol. The minimum Gasteiger partial charge on any atom is -0.492 e. The number of fused-ring (bicyclic) bond motifs is 1. The van der Waals surface area contributed by atoms with Crippen LogP contribution in [-0.4, -0.2) is 23.0 Å². The lowest BCUT2D eigenvalue weighted by Crippen LogP contribution is -2.24. The van der Waals surface area contributed by atoms with E-state index in [0.717, 1.165) is 10.6 Å². The van der Waals surface area contributed by atoms with E-state index in [4.69, 9.17) is 10.5 Å². The maximum atomic E-state index is 12.4. The van der Waals surface area contributed by atoms with E-state index in [1.165, 1.54) is 0 Å². The highest BCUT2D eigenvalue weighted by Crippen LogP contribution is 2.30. The molecule has 118 valence electrons. The zero-order valence-electron chi connectivity index (χ0n) is 12.1. The van der Waals surface area contributed by atoms with Gasteiger partial charge in [-0.15, -0.1) is 0 Å². The molecule has 0 saturated carbocycles. The van der Waals surface area contributed by atoms with Gasteiger partial charge in [-0.05, 0) is 25.1 Å². The summed E-state index contributed by atoms with van der Waals surface area (Å²) in [5, 5.41) is 2.13. The van der Waals surface area contributed by atoms with Gasteiger partial charge >= 0.3 is 0 Å². The Morgan fingerprint density at radius 3 is 2.65 bits per heavy atom. The number of rotatable bonds is 3. The van der Waals surface area contributed by atoms with Gasteiger partial charge in [0.25, 0.3) is 17.4 Å². The molecule has 1 aliphatic heterocycles. The molecule has 0 fully saturated rings. The van der Waals surface area contributed by atoms with E-state index in [2.05, 4.69) is 21.2 Å². The van der Waals surface area contributed by atoms with Crippen molar-refractivity contribution in [2.45, 2.75) is 6.92 Å². The number of ether oxygens (including phenoxy) is 1. The van der Waals surface area contributed by atoms with Crippen molar-refractivity contribution in [2.75, 3.05) is 12.3 Å². The monoisotopic (exact) mass is 377 g/mol. The van der Waals surface area contributed by atoms with Crippen LogP contribution in [0.1, 0.15) is 27.6 Å². The fourth-order valence-electron chi connectivity index (χ4n) is 2.47. The highest BCUT2D eigenvalue weighted by Gasteiger charge is 2.32. The summed E-state index contributed by atoms with van der Waals surface area (Å²) >= 11 is 3.33. The Labute approximate surface area is 139 Å². The van der Waals surface area contributed by atoms with Crippen molar-refractivity contribution < 1.29 is 14.3 Å². The van der Waals surface area contributed by atoms with Crippen LogP contribution in [0.25, 0.3) is 5.69 Å². The zero-order valence-corrected chi connectivity index (χ0v) is 13.6. The zero-order chi connectivity index (χ0) is 16.7. The molecule has 2 aromatic rings. The Morgan fingerprint density at radius 2 is 1.96 bits per heavy atom. The number of pyridine rings is 1. The van der Waals surface area contributed by atoms with Crippen LogP contribution < -0.4 is 21.3 Å². The number of nitrogens with zero attached hydrogens (tertiary/aromatic N) is 1. The summed E-state index contributed by atoms with van der Waals surface area (Å²) < 4.78 is 7.39. The average Bonchev–Trinajstić information content (AvgIpc) is 2.76. The minimum atomic E-state index is -0.625. The van der Waals surface area contributed by atoms with Gasteiger partial charge in [0.2, 0.25) is 0 Å². The number of hydrogen-bond donors (Lipinski definition) is 2. The van der Waals surface area contributed by atoms with E-state index in [0.29, 0.717) is 22.5 Å². The van der Waals surface area contributed by atoms with Crippen LogP contribution in [-0.2, 0) is 0 Å². The minimum absolute atomic E-state index is 0.00276. The number of aromatic nitrogens is 1. The van der Waals surface area contributed by atoms with Gasteiger partial charge < -0.3 is 10.5 Å². The first-order valence-corrected chi connectivity index (χ1v) is 7.57. The van der Waals surface area contributed by atoms with E-state index in [1.54, 1.807) is 18.2 Å². The number of anilines is 1. The van der Waals surface area contributed by atoms with E-state index in [1.807, 2.05) is 6.92 Å². The lowest BCUT2D eigenvalue weighted by Gasteiger charge is -2.16. The number of nitrogens with two attached hydrogens (primary N) is 1. The molecule has 8 heteroatoms. The molecular formula is C15H12BrN3O4. The molecule has 0 spiro atoms. The Bertz CT molecular complexity index is 904. The third kappa shape index (κ3) is 2.40. The molecule has 3 N–H and O–H groups in total. The van der Waals surface area contributed by atoms with E-state index in [-0.39, 0.29) is 16.9 Å². The fourth-order valence-corrected chi connectivity index (χ4v) is 2.82. The second kappa shape index (κ2) is 5.54. The highest BCUT2D eigenvalue weighted by atomic mass is 79.9. The van der Waals surface area contributed by atoms with Gasteiger partial charge in [0.1, 0.15) is 11.6 Å². The predicted octanol–water partition coefficient (Wildman–Crippen LogP) is 1.46. The summed E-state index contributed by atoms with van der Waals surface area (Å²) in [5.41, 5.74) is 5.86. The Balaban J connectivity index is 2.33. The first kappa shape index (κ1) is 15.3. The molecule has 0 bridgehead atoms. The molecule has 0 aliphatic carbocycles. The van der Waals surface area contributed by atoms with Crippen molar-refractivity contribution in [3.05, 3.63) is 50.2 Å². The summed E-state index contributed by atoms with van der Waals surface area (Å²) in [6.45, 7) is 2.21. The molecule has 1 aliphatic rings. The smallest absolute Gasteiger partial charge is 0.262 e. The Kier molecular flexibility index (Phi) is 3.69. The number of nitrogen functional groups attached to an aromatic ring is 1. The van der Waals surface area contributed by atoms with Crippen molar-refractivity contribution in [1.29, 1.82) is 0 Å². The van der Waals surface area contributed by atoms with Gasteiger partial charge in [-0.2, -0.15) is 0 Å². The normalized spacial score (nSPS) is 13.0. The lowest BCUT2D eigenvalue weighted by molar-refractivity contribution is 0.0880. The summed E-state index contributed by atoms with van der Waals surface area (Å²) in [6, 6.07) is 6.21. The highest BCUT2D eigenvalue weighted by molar-refractivity contribution is 9.10. The van der Waals surface area contributed by atoms with Gasteiger partial charge in [0.05, 0.1) is 23.4 Å². The Hall–Kier alpha value is -2.61. The largest absolute Gasteiger partial charge is 0.492 e. The second-order valence-electron chi connectivity index (χ2n) is 4.82. The third-order valence-electron chi connectivity index (χ3n) is 3.42. The predicted molar refractivity (Wildman–Crippen MR) is 87.1 cm³/mol. The first-order valence-electron chi connectivity index (χ1n) is 6.78. The molecule has 0 atom stereocenters. The van der Waals surface area contributed by atoms with Crippen LogP contribution in [0.4, 0.5) is 5.82 Å². The molecule has 3 rings (SSSR count). The maximum absolute atomic E-state index is 12.4. The topological polar surface area (TPSA) is 103 Å². The van der Waals surface area contributed by atoms with E-state index < -0.39 is 17.4 Å². The van der Waals surface area contributed by atoms with Crippen molar-refractivity contribution in [3.8, 4) is 11.4 Å². The van der Waals surface area contributed by atoms with Gasteiger partial charge in [0.15, 0.2) is 0 Å². The fraction of sp³-hybridized carbons (Fsp3) is 0.133. The maximum Gasteiger partial charge on any atom is 0.262 e.